The van der Waals surface area contributed by atoms with Crippen LogP contribution in [0.4, 0.5) is 0 Å². The van der Waals surface area contributed by atoms with Gasteiger partial charge in [-0.25, -0.2) is 19.9 Å². The van der Waals surface area contributed by atoms with Crippen LogP contribution >= 0.6 is 0 Å². The monoisotopic (exact) mass is 1230 g/mol. The number of aromatic nitrogens is 7. The van der Waals surface area contributed by atoms with E-state index in [1.807, 2.05) is 12.1 Å². The number of rotatable bonds is 8. The van der Waals surface area contributed by atoms with Crippen molar-refractivity contribution >= 4 is 55.2 Å². The minimum absolute atomic E-state index is 0.0511. The van der Waals surface area contributed by atoms with Gasteiger partial charge in [-0.3, -0.25) is 13.8 Å². The molecule has 466 valence electrons. The SMILES string of the molecule is COc1ccnc(-c2ccc(-c3ccccc3-c3cc(-c4ccccc4-c4ccc5c(c4)nc(C(C)(C)C)n4c6cc7c(cc6nc54)C(C)(C)CC7(C)C)cc(-c4ccccc4-c4ccc5c(c4)nc(C(C)(C)C)n4c6cc7c(cc6nc54)C(C)(C)CC7(C)C)c3)cc2)c1. The van der Waals surface area contributed by atoms with Crippen LogP contribution in [0.15, 0.2) is 194 Å². The maximum Gasteiger partial charge on any atom is 0.148 e. The van der Waals surface area contributed by atoms with Crippen LogP contribution in [0.2, 0.25) is 0 Å². The summed E-state index contributed by atoms with van der Waals surface area (Å²) in [5, 5.41) is 2.07. The summed E-state index contributed by atoms with van der Waals surface area (Å²) in [6, 6.07) is 69.6. The second-order valence-electron chi connectivity index (χ2n) is 31.6. The first-order chi connectivity index (χ1) is 44.7. The zero-order chi connectivity index (χ0) is 65.3. The molecule has 0 bridgehead atoms. The van der Waals surface area contributed by atoms with Crippen molar-refractivity contribution in [3.05, 3.63) is 228 Å². The number of fused-ring (bicyclic) bond motifs is 12. The van der Waals surface area contributed by atoms with Gasteiger partial charge >= 0.3 is 0 Å². The number of hydrogen-bond donors (Lipinski definition) is 0. The molecule has 5 aromatic heterocycles. The summed E-state index contributed by atoms with van der Waals surface area (Å²) >= 11 is 0. The Kier molecular flexibility index (Phi) is 13.0. The highest BCUT2D eigenvalue weighted by Crippen LogP contribution is 2.53. The van der Waals surface area contributed by atoms with Crippen LogP contribution in [0, 0.1) is 0 Å². The summed E-state index contributed by atoms with van der Waals surface area (Å²) in [5.74, 6) is 2.77. The van der Waals surface area contributed by atoms with Crippen LogP contribution in [-0.2, 0) is 32.5 Å². The average molecular weight is 1230 g/mol. The fraction of sp³-hybridized carbons (Fsp3) is 0.267. The van der Waals surface area contributed by atoms with E-state index in [9.17, 15) is 0 Å². The number of hydrogen-bond acceptors (Lipinski definition) is 6. The first-order valence-electron chi connectivity index (χ1n) is 33.4. The minimum atomic E-state index is -0.281. The van der Waals surface area contributed by atoms with E-state index < -0.39 is 0 Å². The van der Waals surface area contributed by atoms with Crippen molar-refractivity contribution in [3.63, 3.8) is 0 Å². The Morgan fingerprint density at radius 3 is 1.09 bits per heavy atom. The number of ether oxygens (including phenoxy) is 1. The third-order valence-corrected chi connectivity index (χ3v) is 20.7. The van der Waals surface area contributed by atoms with Gasteiger partial charge in [0.1, 0.15) is 28.7 Å². The number of methoxy groups -OCH3 is 1. The molecule has 8 heteroatoms. The summed E-state index contributed by atoms with van der Waals surface area (Å²) in [6.45, 7) is 32.7. The molecule has 8 nitrogen and oxygen atoms in total. The van der Waals surface area contributed by atoms with Gasteiger partial charge in [0.25, 0.3) is 0 Å². The second kappa shape index (κ2) is 20.6. The van der Waals surface area contributed by atoms with Crippen LogP contribution in [0.25, 0.3) is 133 Å². The molecule has 94 heavy (non-hydrogen) atoms. The molecule has 5 heterocycles. The standard InChI is InChI=1S/C86H81N7O/c1-81(2,3)79-90-71-41-52(32-34-64(71)77-88-73-44-66-68(46-75(73)92(77)79)85(11,12)48-83(66,7)8)59-23-17-20-26-62(59)55-38-54(61-25-19-16-22-58(61)50-28-30-51(31-29-50)70-43-57(94-15)36-37-87-70)39-56(40-55)63-27-21-18-24-60(63)53-33-35-65-72(42-53)91-80(82(4,5)6)93-76-47-69-67(45-74(76)89-78(65)93)84(9,10)49-86(69,13)14/h16-47H,48-49H2,1-15H3. The lowest BCUT2D eigenvalue weighted by atomic mass is 9.82. The summed E-state index contributed by atoms with van der Waals surface area (Å²) in [6.07, 6.45) is 4.00. The molecule has 0 saturated carbocycles. The summed E-state index contributed by atoms with van der Waals surface area (Å²) in [7, 11) is 1.69. The van der Waals surface area contributed by atoms with Gasteiger partial charge in [-0.05, 0) is 196 Å². The Morgan fingerprint density at radius 1 is 0.351 bits per heavy atom. The van der Waals surface area contributed by atoms with Crippen LogP contribution in [0.3, 0.4) is 0 Å². The van der Waals surface area contributed by atoms with Gasteiger partial charge in [0.2, 0.25) is 0 Å². The normalized spacial score (nSPS) is 15.6. The highest BCUT2D eigenvalue weighted by atomic mass is 16.5. The molecular weight excluding hydrogens is 1150 g/mol. The first-order valence-corrected chi connectivity index (χ1v) is 33.4. The van der Waals surface area contributed by atoms with E-state index in [1.165, 1.54) is 22.3 Å². The molecule has 2 aliphatic rings. The molecule has 0 fully saturated rings. The predicted octanol–water partition coefficient (Wildman–Crippen LogP) is 22.0. The molecule has 0 spiro atoms. The highest BCUT2D eigenvalue weighted by Gasteiger charge is 2.44. The number of pyridine rings is 1. The maximum absolute atomic E-state index is 5.64. The highest BCUT2D eigenvalue weighted by molar-refractivity contribution is 6.03. The molecule has 0 aliphatic heterocycles. The predicted molar refractivity (Wildman–Crippen MR) is 391 cm³/mol. The quantitative estimate of drug-likeness (QED) is 0.151. The molecule has 9 aromatic carbocycles. The van der Waals surface area contributed by atoms with Gasteiger partial charge in [-0.2, -0.15) is 0 Å². The van der Waals surface area contributed by atoms with E-state index in [-0.39, 0.29) is 32.5 Å². The summed E-state index contributed by atoms with van der Waals surface area (Å²) < 4.78 is 10.3. The smallest absolute Gasteiger partial charge is 0.148 e. The van der Waals surface area contributed by atoms with Gasteiger partial charge in [-0.15, -0.1) is 0 Å². The van der Waals surface area contributed by atoms with Crippen molar-refractivity contribution in [3.8, 4) is 83.8 Å². The first kappa shape index (κ1) is 59.2. The van der Waals surface area contributed by atoms with Crippen LogP contribution < -0.4 is 4.74 Å². The molecule has 14 aromatic rings. The summed E-state index contributed by atoms with van der Waals surface area (Å²) in [4.78, 5) is 27.0. The molecule has 0 radical (unpaired) electrons. The molecule has 2 aliphatic carbocycles. The minimum Gasteiger partial charge on any atom is -0.497 e. The van der Waals surface area contributed by atoms with Gasteiger partial charge in [-0.1, -0.05) is 206 Å². The van der Waals surface area contributed by atoms with E-state index >= 15 is 0 Å². The van der Waals surface area contributed by atoms with Crippen LogP contribution in [-0.4, -0.2) is 40.8 Å². The molecule has 0 N–H and O–H groups in total. The van der Waals surface area contributed by atoms with E-state index in [0.717, 1.165) is 163 Å². The Morgan fingerprint density at radius 2 is 0.702 bits per heavy atom. The van der Waals surface area contributed by atoms with E-state index in [0.29, 0.717) is 0 Å². The fourth-order valence-corrected chi connectivity index (χ4v) is 16.7. The van der Waals surface area contributed by atoms with Crippen molar-refractivity contribution in [2.75, 3.05) is 7.11 Å². The number of benzene rings is 9. The van der Waals surface area contributed by atoms with Gasteiger partial charge in [0, 0.05) is 39.4 Å². The molecule has 0 amide bonds. The van der Waals surface area contributed by atoms with E-state index in [1.54, 1.807) is 13.3 Å². The second-order valence-corrected chi connectivity index (χ2v) is 31.6. The van der Waals surface area contributed by atoms with E-state index in [2.05, 4.69) is 282 Å². The Labute approximate surface area is 551 Å². The van der Waals surface area contributed by atoms with Crippen molar-refractivity contribution in [1.29, 1.82) is 0 Å². The zero-order valence-corrected chi connectivity index (χ0v) is 56.9. The van der Waals surface area contributed by atoms with Crippen LogP contribution in [0.5, 0.6) is 5.75 Å². The molecule has 0 saturated heterocycles. The Hall–Kier alpha value is -9.79. The number of nitrogens with zero attached hydrogens (tertiary/aromatic N) is 7. The largest absolute Gasteiger partial charge is 0.497 e. The van der Waals surface area contributed by atoms with E-state index in [4.69, 9.17) is 29.7 Å². The van der Waals surface area contributed by atoms with Crippen molar-refractivity contribution in [1.82, 2.24) is 33.7 Å². The number of imidazole rings is 2. The van der Waals surface area contributed by atoms with Crippen molar-refractivity contribution in [2.24, 2.45) is 0 Å². The topological polar surface area (TPSA) is 82.5 Å². The maximum atomic E-state index is 5.64. The third kappa shape index (κ3) is 9.48. The third-order valence-electron chi connectivity index (χ3n) is 20.7. The molecular formula is C86H81N7O. The molecule has 0 unspecified atom stereocenters. The summed E-state index contributed by atoms with van der Waals surface area (Å²) in [5.41, 5.74) is 28.6. The van der Waals surface area contributed by atoms with Crippen molar-refractivity contribution in [2.45, 2.75) is 142 Å². The fourth-order valence-electron chi connectivity index (χ4n) is 16.7. The Balaban J connectivity index is 0.870. The lowest BCUT2D eigenvalue weighted by molar-refractivity contribution is 0.403. The Bertz CT molecular complexity index is 5230. The van der Waals surface area contributed by atoms with Gasteiger partial charge in [0.05, 0.1) is 45.9 Å². The molecule has 0 atom stereocenters. The zero-order valence-electron chi connectivity index (χ0n) is 56.9. The van der Waals surface area contributed by atoms with Gasteiger partial charge < -0.3 is 4.74 Å². The average Bonchev–Trinajstić information content (AvgIpc) is 1.54. The molecule has 16 rings (SSSR count). The lowest BCUT2D eigenvalue weighted by Gasteiger charge is -2.22. The lowest BCUT2D eigenvalue weighted by Crippen LogP contribution is -2.19. The van der Waals surface area contributed by atoms with Gasteiger partial charge in [0.15, 0.2) is 0 Å². The van der Waals surface area contributed by atoms with Crippen LogP contribution in [0.1, 0.15) is 144 Å². The van der Waals surface area contributed by atoms with Crippen molar-refractivity contribution < 1.29 is 4.74 Å².